The van der Waals surface area contributed by atoms with E-state index in [2.05, 4.69) is 28.4 Å². The maximum Gasteiger partial charge on any atom is 0.234 e. The number of nitrogens with one attached hydrogen (secondary N) is 1. The highest BCUT2D eigenvalue weighted by Crippen LogP contribution is 2.24. The first-order chi connectivity index (χ1) is 12.0. The fraction of sp³-hybridized carbons (Fsp3) is 0.600. The maximum atomic E-state index is 12.4. The van der Waals surface area contributed by atoms with E-state index in [1.165, 1.54) is 36.0 Å². The number of likely N-dealkylation sites (tertiary alicyclic amines) is 1. The number of nitrogens with zero attached hydrogens (tertiary/aromatic N) is 1. The van der Waals surface area contributed by atoms with Gasteiger partial charge in [-0.1, -0.05) is 18.2 Å². The molecule has 3 rings (SSSR count). The summed E-state index contributed by atoms with van der Waals surface area (Å²) in [5.41, 5.74) is 9.44. The van der Waals surface area contributed by atoms with Gasteiger partial charge in [-0.2, -0.15) is 0 Å². The molecular formula is C20H29N3O2. The van der Waals surface area contributed by atoms with E-state index in [0.717, 1.165) is 32.4 Å². The van der Waals surface area contributed by atoms with Crippen molar-refractivity contribution in [2.75, 3.05) is 19.6 Å². The molecular weight excluding hydrogens is 314 g/mol. The average Bonchev–Trinajstić information content (AvgIpc) is 2.61. The first-order valence-electron chi connectivity index (χ1n) is 9.45. The van der Waals surface area contributed by atoms with Gasteiger partial charge in [-0.25, -0.2) is 0 Å². The van der Waals surface area contributed by atoms with Crippen LogP contribution in [-0.4, -0.2) is 36.3 Å². The number of rotatable bonds is 5. The van der Waals surface area contributed by atoms with Crippen LogP contribution in [0.1, 0.15) is 55.3 Å². The van der Waals surface area contributed by atoms with E-state index in [0.29, 0.717) is 6.54 Å². The first kappa shape index (κ1) is 17.9. The summed E-state index contributed by atoms with van der Waals surface area (Å²) in [6.45, 7) is 3.95. The molecule has 0 radical (unpaired) electrons. The fourth-order valence-corrected chi connectivity index (χ4v) is 3.97. The molecule has 5 heteroatoms. The number of nitrogens with two attached hydrogens (primary N) is 1. The Morgan fingerprint density at radius 2 is 1.88 bits per heavy atom. The number of amides is 2. The lowest BCUT2D eigenvalue weighted by Gasteiger charge is -2.30. The predicted molar refractivity (Wildman–Crippen MR) is 98.0 cm³/mol. The van der Waals surface area contributed by atoms with Crippen molar-refractivity contribution in [3.8, 4) is 0 Å². The molecule has 1 aromatic carbocycles. The van der Waals surface area contributed by atoms with Crippen molar-refractivity contribution in [3.05, 3.63) is 34.9 Å². The smallest absolute Gasteiger partial charge is 0.234 e. The van der Waals surface area contributed by atoms with Crippen molar-refractivity contribution in [2.45, 2.75) is 51.5 Å². The zero-order chi connectivity index (χ0) is 17.8. The van der Waals surface area contributed by atoms with Crippen LogP contribution in [0.5, 0.6) is 0 Å². The summed E-state index contributed by atoms with van der Waals surface area (Å²) in [5, 5.41) is 3.11. The van der Waals surface area contributed by atoms with Crippen molar-refractivity contribution in [2.24, 2.45) is 11.7 Å². The minimum absolute atomic E-state index is 0.0166. The number of aryl methyl sites for hydroxylation is 2. The third-order valence-corrected chi connectivity index (χ3v) is 5.61. The molecule has 1 fully saturated rings. The molecule has 3 N–H and O–H groups in total. The van der Waals surface area contributed by atoms with Crippen molar-refractivity contribution < 1.29 is 9.59 Å². The lowest BCUT2D eigenvalue weighted by molar-refractivity contribution is -0.124. The summed E-state index contributed by atoms with van der Waals surface area (Å²) in [4.78, 5) is 25.7. The van der Waals surface area contributed by atoms with E-state index in [1.807, 2.05) is 6.92 Å². The second kappa shape index (κ2) is 8.00. The summed E-state index contributed by atoms with van der Waals surface area (Å²) in [7, 11) is 0. The Balaban J connectivity index is 1.50. The van der Waals surface area contributed by atoms with Crippen LogP contribution in [0.25, 0.3) is 0 Å². The average molecular weight is 343 g/mol. The van der Waals surface area contributed by atoms with Gasteiger partial charge < -0.3 is 11.1 Å². The summed E-state index contributed by atoms with van der Waals surface area (Å²) in [6.07, 6.45) is 6.38. The monoisotopic (exact) mass is 343 g/mol. The van der Waals surface area contributed by atoms with Gasteiger partial charge in [-0.05, 0) is 75.2 Å². The zero-order valence-electron chi connectivity index (χ0n) is 15.1. The molecule has 0 bridgehead atoms. The van der Waals surface area contributed by atoms with Gasteiger partial charge in [0.25, 0.3) is 0 Å². The molecule has 1 saturated heterocycles. The van der Waals surface area contributed by atoms with E-state index in [9.17, 15) is 9.59 Å². The van der Waals surface area contributed by atoms with Crippen LogP contribution in [0, 0.1) is 5.92 Å². The number of hydrogen-bond donors (Lipinski definition) is 2. The minimum atomic E-state index is -0.217. The summed E-state index contributed by atoms with van der Waals surface area (Å²) in [6, 6.07) is 6.65. The predicted octanol–water partition coefficient (Wildman–Crippen LogP) is 1.94. The van der Waals surface area contributed by atoms with Crippen LogP contribution in [0.15, 0.2) is 18.2 Å². The molecule has 0 aromatic heterocycles. The number of carbonyl (C=O) groups excluding carboxylic acids is 2. The highest BCUT2D eigenvalue weighted by Gasteiger charge is 2.24. The number of piperidine rings is 1. The van der Waals surface area contributed by atoms with Crippen LogP contribution in [0.3, 0.4) is 0 Å². The fourth-order valence-electron chi connectivity index (χ4n) is 3.97. The van der Waals surface area contributed by atoms with Crippen molar-refractivity contribution in [1.82, 2.24) is 10.2 Å². The first-order valence-corrected chi connectivity index (χ1v) is 9.45. The van der Waals surface area contributed by atoms with Crippen LogP contribution in [0.4, 0.5) is 0 Å². The van der Waals surface area contributed by atoms with Gasteiger partial charge in [0.1, 0.15) is 0 Å². The minimum Gasteiger partial charge on any atom is -0.369 e. The number of primary amides is 1. The molecule has 25 heavy (non-hydrogen) atoms. The Kier molecular flexibility index (Phi) is 5.74. The zero-order valence-corrected chi connectivity index (χ0v) is 15.1. The topological polar surface area (TPSA) is 75.4 Å². The van der Waals surface area contributed by atoms with Crippen LogP contribution < -0.4 is 11.1 Å². The molecule has 136 valence electrons. The van der Waals surface area contributed by atoms with Crippen LogP contribution >= 0.6 is 0 Å². The highest BCUT2D eigenvalue weighted by atomic mass is 16.2. The van der Waals surface area contributed by atoms with Crippen molar-refractivity contribution in [3.63, 3.8) is 0 Å². The molecule has 1 unspecified atom stereocenters. The second-order valence-electron chi connectivity index (χ2n) is 7.48. The normalized spacial score (nSPS) is 19.9. The van der Waals surface area contributed by atoms with Crippen molar-refractivity contribution >= 4 is 11.8 Å². The molecule has 1 aliphatic heterocycles. The van der Waals surface area contributed by atoms with Gasteiger partial charge in [0.15, 0.2) is 0 Å². The SMILES string of the molecule is CC(NC(=O)CN1CCC(C(N)=O)CC1)c1ccc2c(c1)CCCC2. The van der Waals surface area contributed by atoms with E-state index in [1.54, 1.807) is 0 Å². The molecule has 5 nitrogen and oxygen atoms in total. The van der Waals surface area contributed by atoms with Crippen LogP contribution in [-0.2, 0) is 22.4 Å². The standard InChI is InChI=1S/C20H29N3O2/c1-14(17-7-6-15-4-2-3-5-18(15)12-17)22-19(24)13-23-10-8-16(9-11-23)20(21)25/h6-7,12,14,16H,2-5,8-11,13H2,1H3,(H2,21,25)(H,22,24). The number of hydrogen-bond acceptors (Lipinski definition) is 3. The molecule has 1 atom stereocenters. The Hall–Kier alpha value is -1.88. The number of carbonyl (C=O) groups is 2. The second-order valence-corrected chi connectivity index (χ2v) is 7.48. The quantitative estimate of drug-likeness (QED) is 0.858. The third-order valence-electron chi connectivity index (χ3n) is 5.61. The molecule has 1 heterocycles. The molecule has 2 aliphatic rings. The Bertz CT molecular complexity index is 636. The molecule has 0 spiro atoms. The number of benzene rings is 1. The Morgan fingerprint density at radius 3 is 2.56 bits per heavy atom. The summed E-state index contributed by atoms with van der Waals surface area (Å²) >= 11 is 0. The van der Waals surface area contributed by atoms with Crippen molar-refractivity contribution in [1.29, 1.82) is 0 Å². The van der Waals surface area contributed by atoms with Gasteiger partial charge in [-0.3, -0.25) is 14.5 Å². The molecule has 1 aromatic rings. The molecule has 0 saturated carbocycles. The Labute approximate surface area is 150 Å². The van der Waals surface area contributed by atoms with E-state index in [4.69, 9.17) is 5.73 Å². The Morgan fingerprint density at radius 1 is 1.20 bits per heavy atom. The van der Waals surface area contributed by atoms with Gasteiger partial charge in [0.05, 0.1) is 12.6 Å². The highest BCUT2D eigenvalue weighted by molar-refractivity contribution is 5.79. The largest absolute Gasteiger partial charge is 0.369 e. The van der Waals surface area contributed by atoms with Crippen LogP contribution in [0.2, 0.25) is 0 Å². The third kappa shape index (κ3) is 4.60. The lowest BCUT2D eigenvalue weighted by atomic mass is 9.89. The van der Waals surface area contributed by atoms with E-state index >= 15 is 0 Å². The molecule has 1 aliphatic carbocycles. The van der Waals surface area contributed by atoms with E-state index < -0.39 is 0 Å². The lowest BCUT2D eigenvalue weighted by Crippen LogP contribution is -2.44. The summed E-state index contributed by atoms with van der Waals surface area (Å²) in [5.74, 6) is -0.207. The summed E-state index contributed by atoms with van der Waals surface area (Å²) < 4.78 is 0. The van der Waals surface area contributed by atoms with E-state index in [-0.39, 0.29) is 23.8 Å². The van der Waals surface area contributed by atoms with Gasteiger partial charge in [0.2, 0.25) is 11.8 Å². The van der Waals surface area contributed by atoms with Gasteiger partial charge in [-0.15, -0.1) is 0 Å². The van der Waals surface area contributed by atoms with Gasteiger partial charge in [0, 0.05) is 5.92 Å². The number of fused-ring (bicyclic) bond motifs is 1. The maximum absolute atomic E-state index is 12.4. The van der Waals surface area contributed by atoms with Gasteiger partial charge >= 0.3 is 0 Å². The molecule has 2 amide bonds.